The Morgan fingerprint density at radius 1 is 1.29 bits per heavy atom. The van der Waals surface area contributed by atoms with E-state index in [0.29, 0.717) is 25.4 Å². The number of ether oxygens (including phenoxy) is 1. The zero-order valence-corrected chi connectivity index (χ0v) is 12.2. The summed E-state index contributed by atoms with van der Waals surface area (Å²) in [4.78, 5) is 24.7. The summed E-state index contributed by atoms with van der Waals surface area (Å²) >= 11 is 0. The highest BCUT2D eigenvalue weighted by atomic mass is 16.5. The first-order valence-corrected chi connectivity index (χ1v) is 6.80. The molecule has 1 atom stereocenters. The molecule has 3 amide bonds. The Morgan fingerprint density at radius 2 is 2.00 bits per heavy atom. The molecule has 0 bridgehead atoms. The number of urea groups is 1. The highest BCUT2D eigenvalue weighted by Gasteiger charge is 2.25. The van der Waals surface area contributed by atoms with Crippen LogP contribution in [0.15, 0.2) is 24.3 Å². The second kappa shape index (κ2) is 6.83. The summed E-state index contributed by atoms with van der Waals surface area (Å²) in [7, 11) is 3.32. The SMILES string of the molecule is CN(C)C(=O)NCCNC(=O)C1CNc2ccccc2O1. The maximum atomic E-state index is 12.0. The van der Waals surface area contributed by atoms with E-state index >= 15 is 0 Å². The first-order valence-electron chi connectivity index (χ1n) is 6.80. The van der Waals surface area contributed by atoms with Gasteiger partial charge in [0, 0.05) is 27.2 Å². The quantitative estimate of drug-likeness (QED) is 0.695. The van der Waals surface area contributed by atoms with E-state index in [0.717, 1.165) is 5.69 Å². The smallest absolute Gasteiger partial charge is 0.316 e. The summed E-state index contributed by atoms with van der Waals surface area (Å²) in [6.45, 7) is 1.16. The van der Waals surface area contributed by atoms with Gasteiger partial charge >= 0.3 is 6.03 Å². The van der Waals surface area contributed by atoms with Crippen LogP contribution in [0.5, 0.6) is 5.75 Å². The molecule has 0 saturated heterocycles. The Hall–Kier alpha value is -2.44. The number of benzene rings is 1. The van der Waals surface area contributed by atoms with Crippen LogP contribution in [0.25, 0.3) is 0 Å². The fraction of sp³-hybridized carbons (Fsp3) is 0.429. The van der Waals surface area contributed by atoms with Crippen LogP contribution >= 0.6 is 0 Å². The van der Waals surface area contributed by atoms with Crippen molar-refractivity contribution in [3.8, 4) is 5.75 Å². The normalized spacial score (nSPS) is 16.0. The van der Waals surface area contributed by atoms with Crippen molar-refractivity contribution in [3.63, 3.8) is 0 Å². The predicted octanol–water partition coefficient (Wildman–Crippen LogP) is 0.247. The van der Waals surface area contributed by atoms with Crippen molar-refractivity contribution in [1.82, 2.24) is 15.5 Å². The number of nitrogens with zero attached hydrogens (tertiary/aromatic N) is 1. The number of para-hydroxylation sites is 2. The molecular weight excluding hydrogens is 272 g/mol. The molecule has 0 aromatic heterocycles. The molecule has 21 heavy (non-hydrogen) atoms. The Labute approximate surface area is 123 Å². The predicted molar refractivity (Wildman–Crippen MR) is 79.4 cm³/mol. The summed E-state index contributed by atoms with van der Waals surface area (Å²) in [6.07, 6.45) is -0.565. The number of anilines is 1. The van der Waals surface area contributed by atoms with Gasteiger partial charge in [-0.2, -0.15) is 0 Å². The molecule has 1 aromatic rings. The standard InChI is InChI=1S/C14H20N4O3/c1-18(2)14(20)16-8-7-15-13(19)12-9-17-10-5-3-4-6-11(10)21-12/h3-6,12,17H,7-9H2,1-2H3,(H,15,19)(H,16,20). The molecule has 0 radical (unpaired) electrons. The zero-order chi connectivity index (χ0) is 15.2. The molecule has 0 aliphatic carbocycles. The molecule has 2 rings (SSSR count). The van der Waals surface area contributed by atoms with Gasteiger partial charge in [0.1, 0.15) is 5.75 Å². The fourth-order valence-electron chi connectivity index (χ4n) is 1.89. The van der Waals surface area contributed by atoms with E-state index < -0.39 is 6.10 Å². The molecule has 1 aromatic carbocycles. The molecule has 3 N–H and O–H groups in total. The van der Waals surface area contributed by atoms with Crippen molar-refractivity contribution in [3.05, 3.63) is 24.3 Å². The Bertz CT molecular complexity index is 519. The maximum Gasteiger partial charge on any atom is 0.316 e. The summed E-state index contributed by atoms with van der Waals surface area (Å²) in [5.41, 5.74) is 0.889. The molecule has 7 heteroatoms. The van der Waals surface area contributed by atoms with Crippen molar-refractivity contribution in [1.29, 1.82) is 0 Å². The van der Waals surface area contributed by atoms with Gasteiger partial charge in [-0.25, -0.2) is 4.79 Å². The fourth-order valence-corrected chi connectivity index (χ4v) is 1.89. The second-order valence-corrected chi connectivity index (χ2v) is 4.90. The summed E-state index contributed by atoms with van der Waals surface area (Å²) in [6, 6.07) is 7.30. The van der Waals surface area contributed by atoms with Crippen molar-refractivity contribution < 1.29 is 14.3 Å². The van der Waals surface area contributed by atoms with Gasteiger partial charge in [-0.15, -0.1) is 0 Å². The number of hydrogen-bond donors (Lipinski definition) is 3. The summed E-state index contributed by atoms with van der Waals surface area (Å²) in [5, 5.41) is 8.57. The van der Waals surface area contributed by atoms with E-state index in [4.69, 9.17) is 4.74 Å². The van der Waals surface area contributed by atoms with Crippen LogP contribution in [0.3, 0.4) is 0 Å². The Morgan fingerprint density at radius 3 is 2.76 bits per heavy atom. The summed E-state index contributed by atoms with van der Waals surface area (Å²) < 4.78 is 5.64. The van der Waals surface area contributed by atoms with E-state index in [1.807, 2.05) is 24.3 Å². The minimum Gasteiger partial charge on any atom is -0.477 e. The van der Waals surface area contributed by atoms with Crippen LogP contribution in [-0.4, -0.2) is 56.7 Å². The lowest BCUT2D eigenvalue weighted by Crippen LogP contribution is -2.47. The molecule has 0 fully saturated rings. The van der Waals surface area contributed by atoms with Gasteiger partial charge in [0.2, 0.25) is 0 Å². The number of hydrogen-bond acceptors (Lipinski definition) is 4. The Balaban J connectivity index is 1.74. The van der Waals surface area contributed by atoms with Crippen molar-refractivity contribution in [2.75, 3.05) is 39.0 Å². The van der Waals surface area contributed by atoms with Gasteiger partial charge in [-0.3, -0.25) is 4.79 Å². The van der Waals surface area contributed by atoms with Crippen LogP contribution in [0, 0.1) is 0 Å². The van der Waals surface area contributed by atoms with Gasteiger partial charge in [-0.1, -0.05) is 12.1 Å². The number of carbonyl (C=O) groups is 2. The van der Waals surface area contributed by atoms with E-state index in [1.165, 1.54) is 4.90 Å². The van der Waals surface area contributed by atoms with Crippen LogP contribution in [-0.2, 0) is 4.79 Å². The highest BCUT2D eigenvalue weighted by Crippen LogP contribution is 2.27. The van der Waals surface area contributed by atoms with Crippen LogP contribution in [0.4, 0.5) is 10.5 Å². The van der Waals surface area contributed by atoms with Gasteiger partial charge < -0.3 is 25.6 Å². The first-order chi connectivity index (χ1) is 10.1. The third-order valence-electron chi connectivity index (χ3n) is 3.03. The van der Waals surface area contributed by atoms with E-state index in [1.54, 1.807) is 14.1 Å². The zero-order valence-electron chi connectivity index (χ0n) is 12.2. The Kier molecular flexibility index (Phi) is 4.86. The van der Waals surface area contributed by atoms with Crippen LogP contribution in [0.1, 0.15) is 0 Å². The largest absolute Gasteiger partial charge is 0.477 e. The molecule has 1 unspecified atom stereocenters. The topological polar surface area (TPSA) is 82.7 Å². The average Bonchev–Trinajstić information content (AvgIpc) is 2.50. The lowest BCUT2D eigenvalue weighted by atomic mass is 10.2. The monoisotopic (exact) mass is 292 g/mol. The molecule has 1 aliphatic heterocycles. The van der Waals surface area contributed by atoms with Crippen molar-refractivity contribution in [2.24, 2.45) is 0 Å². The van der Waals surface area contributed by atoms with E-state index in [9.17, 15) is 9.59 Å². The maximum absolute atomic E-state index is 12.0. The van der Waals surface area contributed by atoms with Crippen molar-refractivity contribution in [2.45, 2.75) is 6.10 Å². The first kappa shape index (κ1) is 15.0. The number of rotatable bonds is 4. The summed E-state index contributed by atoms with van der Waals surface area (Å²) in [5.74, 6) is 0.473. The lowest BCUT2D eigenvalue weighted by Gasteiger charge is -2.26. The minimum atomic E-state index is -0.565. The molecular formula is C14H20N4O3. The molecule has 7 nitrogen and oxygen atoms in total. The van der Waals surface area contributed by atoms with Gasteiger partial charge in [0.15, 0.2) is 6.10 Å². The average molecular weight is 292 g/mol. The van der Waals surface area contributed by atoms with Gasteiger partial charge in [0.05, 0.1) is 12.2 Å². The number of fused-ring (bicyclic) bond motifs is 1. The molecule has 0 spiro atoms. The third kappa shape index (κ3) is 4.01. The third-order valence-corrected chi connectivity index (χ3v) is 3.03. The van der Waals surface area contributed by atoms with Crippen LogP contribution < -0.4 is 20.7 Å². The number of nitrogens with one attached hydrogen (secondary N) is 3. The lowest BCUT2D eigenvalue weighted by molar-refractivity contribution is -0.127. The van der Waals surface area contributed by atoms with Crippen molar-refractivity contribution >= 4 is 17.6 Å². The highest BCUT2D eigenvalue weighted by molar-refractivity contribution is 5.83. The van der Waals surface area contributed by atoms with Gasteiger partial charge in [-0.05, 0) is 12.1 Å². The minimum absolute atomic E-state index is 0.186. The molecule has 0 saturated carbocycles. The second-order valence-electron chi connectivity index (χ2n) is 4.90. The van der Waals surface area contributed by atoms with E-state index in [-0.39, 0.29) is 11.9 Å². The number of carbonyl (C=O) groups excluding carboxylic acids is 2. The van der Waals surface area contributed by atoms with Crippen LogP contribution in [0.2, 0.25) is 0 Å². The van der Waals surface area contributed by atoms with Gasteiger partial charge in [0.25, 0.3) is 5.91 Å². The number of amides is 3. The molecule has 114 valence electrons. The van der Waals surface area contributed by atoms with E-state index in [2.05, 4.69) is 16.0 Å². The molecule has 1 aliphatic rings. The molecule has 1 heterocycles.